The van der Waals surface area contributed by atoms with E-state index in [0.717, 1.165) is 23.3 Å². The second kappa shape index (κ2) is 7.75. The molecule has 0 bridgehead atoms. The lowest BCUT2D eigenvalue weighted by atomic mass is 9.96. The Bertz CT molecular complexity index is 775. The van der Waals surface area contributed by atoms with Crippen LogP contribution in [0.1, 0.15) is 37.8 Å². The fourth-order valence-electron chi connectivity index (χ4n) is 2.98. The Morgan fingerprint density at radius 1 is 1.38 bits per heavy atom. The maximum absolute atomic E-state index is 13.2. The highest BCUT2D eigenvalue weighted by atomic mass is 32.1. The molecule has 1 saturated carbocycles. The fraction of sp³-hybridized carbons (Fsp3) is 0.444. The highest BCUT2D eigenvalue weighted by molar-refractivity contribution is 7.07. The van der Waals surface area contributed by atoms with E-state index in [2.05, 4.69) is 5.32 Å². The van der Waals surface area contributed by atoms with Crippen LogP contribution in [0.25, 0.3) is 0 Å². The summed E-state index contributed by atoms with van der Waals surface area (Å²) in [5, 5.41) is 4.71. The lowest BCUT2D eigenvalue weighted by Gasteiger charge is -2.16. The molecule has 4 nitrogen and oxygen atoms in total. The van der Waals surface area contributed by atoms with E-state index in [1.807, 2.05) is 17.0 Å². The predicted molar refractivity (Wildman–Crippen MR) is 94.5 cm³/mol. The second-order valence-electron chi connectivity index (χ2n) is 6.22. The van der Waals surface area contributed by atoms with Crippen LogP contribution in [0, 0.1) is 5.82 Å². The highest BCUT2D eigenvalue weighted by Crippen LogP contribution is 2.20. The van der Waals surface area contributed by atoms with E-state index in [4.69, 9.17) is 4.99 Å². The van der Waals surface area contributed by atoms with Gasteiger partial charge in [-0.05, 0) is 31.0 Å². The SMILES string of the molecule is Cn1c(CC(=O)Nc2cccc(F)c2)csc1=NC1CCCCC1. The number of benzene rings is 1. The first-order valence-electron chi connectivity index (χ1n) is 8.34. The summed E-state index contributed by atoms with van der Waals surface area (Å²) in [6, 6.07) is 6.34. The third-order valence-corrected chi connectivity index (χ3v) is 5.32. The van der Waals surface area contributed by atoms with E-state index in [9.17, 15) is 9.18 Å². The van der Waals surface area contributed by atoms with Crippen molar-refractivity contribution in [3.63, 3.8) is 0 Å². The van der Waals surface area contributed by atoms with Crippen molar-refractivity contribution in [1.29, 1.82) is 0 Å². The van der Waals surface area contributed by atoms with Gasteiger partial charge in [0, 0.05) is 23.8 Å². The lowest BCUT2D eigenvalue weighted by Crippen LogP contribution is -2.22. The predicted octanol–water partition coefficient (Wildman–Crippen LogP) is 3.64. The van der Waals surface area contributed by atoms with Gasteiger partial charge >= 0.3 is 0 Å². The van der Waals surface area contributed by atoms with Gasteiger partial charge in [-0.25, -0.2) is 4.39 Å². The molecule has 1 N–H and O–H groups in total. The molecular formula is C18H22FN3OS. The largest absolute Gasteiger partial charge is 0.326 e. The number of anilines is 1. The molecule has 0 unspecified atom stereocenters. The zero-order chi connectivity index (χ0) is 16.9. The number of hydrogen-bond acceptors (Lipinski definition) is 3. The van der Waals surface area contributed by atoms with Gasteiger partial charge in [0.1, 0.15) is 5.82 Å². The average molecular weight is 347 g/mol. The molecule has 0 saturated heterocycles. The number of nitrogens with one attached hydrogen (secondary N) is 1. The molecule has 1 aliphatic carbocycles. The summed E-state index contributed by atoms with van der Waals surface area (Å²) >= 11 is 1.58. The number of amides is 1. The smallest absolute Gasteiger partial charge is 0.230 e. The molecule has 3 rings (SSSR count). The van der Waals surface area contributed by atoms with Crippen LogP contribution in [0.3, 0.4) is 0 Å². The summed E-state index contributed by atoms with van der Waals surface area (Å²) in [5.74, 6) is -0.513. The number of carbonyl (C=O) groups excluding carboxylic acids is 1. The van der Waals surface area contributed by atoms with Gasteiger partial charge < -0.3 is 9.88 Å². The van der Waals surface area contributed by atoms with E-state index < -0.39 is 0 Å². The Morgan fingerprint density at radius 2 is 2.17 bits per heavy atom. The number of thiazole rings is 1. The molecule has 0 radical (unpaired) electrons. The molecule has 128 valence electrons. The molecule has 1 amide bonds. The van der Waals surface area contributed by atoms with Crippen LogP contribution >= 0.6 is 11.3 Å². The van der Waals surface area contributed by atoms with Crippen molar-refractivity contribution in [2.45, 2.75) is 44.6 Å². The number of rotatable bonds is 4. The molecule has 24 heavy (non-hydrogen) atoms. The van der Waals surface area contributed by atoms with Crippen molar-refractivity contribution in [3.8, 4) is 0 Å². The van der Waals surface area contributed by atoms with Gasteiger partial charge in [0.2, 0.25) is 5.91 Å². The van der Waals surface area contributed by atoms with Gasteiger partial charge in [-0.3, -0.25) is 9.79 Å². The Hall–Kier alpha value is -1.95. The molecule has 0 aliphatic heterocycles. The second-order valence-corrected chi connectivity index (χ2v) is 7.06. The quantitative estimate of drug-likeness (QED) is 0.902. The molecule has 6 heteroatoms. The maximum atomic E-state index is 13.2. The zero-order valence-electron chi connectivity index (χ0n) is 13.8. The van der Waals surface area contributed by atoms with Gasteiger partial charge in [-0.2, -0.15) is 0 Å². The molecule has 2 aromatic rings. The Labute approximate surface area is 145 Å². The van der Waals surface area contributed by atoms with Crippen LogP contribution in [-0.4, -0.2) is 16.5 Å². The monoisotopic (exact) mass is 347 g/mol. The number of aromatic nitrogens is 1. The molecule has 0 spiro atoms. The molecule has 1 aromatic heterocycles. The van der Waals surface area contributed by atoms with E-state index in [0.29, 0.717) is 11.7 Å². The van der Waals surface area contributed by atoms with Gasteiger partial charge in [-0.1, -0.05) is 25.3 Å². The standard InChI is InChI=1S/C18H22FN3OS/c1-22-16(11-17(23)20-15-9-5-6-13(19)10-15)12-24-18(22)21-14-7-3-2-4-8-14/h5-6,9-10,12,14H,2-4,7-8,11H2,1H3,(H,20,23). The van der Waals surface area contributed by atoms with Crippen molar-refractivity contribution < 1.29 is 9.18 Å². The first-order valence-corrected chi connectivity index (χ1v) is 9.22. The Kier molecular flexibility index (Phi) is 5.45. The van der Waals surface area contributed by atoms with Crippen LogP contribution in [0.5, 0.6) is 0 Å². The lowest BCUT2D eigenvalue weighted by molar-refractivity contribution is -0.115. The number of hydrogen-bond donors (Lipinski definition) is 1. The van der Waals surface area contributed by atoms with Crippen LogP contribution < -0.4 is 10.1 Å². The number of halogens is 1. The van der Waals surface area contributed by atoms with E-state index in [1.54, 1.807) is 23.5 Å². The molecule has 1 aromatic carbocycles. The Balaban J connectivity index is 1.67. The topological polar surface area (TPSA) is 46.4 Å². The van der Waals surface area contributed by atoms with Crippen LogP contribution in [0.4, 0.5) is 10.1 Å². The molecule has 1 fully saturated rings. The minimum absolute atomic E-state index is 0.154. The van der Waals surface area contributed by atoms with E-state index in [-0.39, 0.29) is 18.1 Å². The van der Waals surface area contributed by atoms with Gasteiger partial charge in [0.25, 0.3) is 0 Å². The summed E-state index contributed by atoms with van der Waals surface area (Å²) in [6.45, 7) is 0. The molecule has 0 atom stereocenters. The first-order chi connectivity index (χ1) is 11.6. The van der Waals surface area contributed by atoms with E-state index in [1.165, 1.54) is 31.4 Å². The third-order valence-electron chi connectivity index (χ3n) is 4.34. The van der Waals surface area contributed by atoms with Crippen LogP contribution in [-0.2, 0) is 18.3 Å². The van der Waals surface area contributed by atoms with Crippen LogP contribution in [0.2, 0.25) is 0 Å². The van der Waals surface area contributed by atoms with Crippen molar-refractivity contribution in [2.24, 2.45) is 12.0 Å². The first kappa shape index (κ1) is 16.9. The van der Waals surface area contributed by atoms with Crippen molar-refractivity contribution in [3.05, 3.63) is 46.0 Å². The Morgan fingerprint density at radius 3 is 2.92 bits per heavy atom. The summed E-state index contributed by atoms with van der Waals surface area (Å²) in [4.78, 5) is 18.0. The normalized spacial score (nSPS) is 16.3. The van der Waals surface area contributed by atoms with Crippen molar-refractivity contribution in [2.75, 3.05) is 5.32 Å². The fourth-order valence-corrected chi connectivity index (χ4v) is 3.95. The molecule has 1 aliphatic rings. The minimum atomic E-state index is -0.359. The maximum Gasteiger partial charge on any atom is 0.230 e. The van der Waals surface area contributed by atoms with Crippen LogP contribution in [0.15, 0.2) is 34.6 Å². The molecular weight excluding hydrogens is 325 g/mol. The van der Waals surface area contributed by atoms with Gasteiger partial charge in [0.15, 0.2) is 4.80 Å². The summed E-state index contributed by atoms with van der Waals surface area (Å²) in [6.07, 6.45) is 6.40. The summed E-state index contributed by atoms with van der Waals surface area (Å²) < 4.78 is 15.2. The average Bonchev–Trinajstić information content (AvgIpc) is 2.89. The van der Waals surface area contributed by atoms with Gasteiger partial charge in [0.05, 0.1) is 12.5 Å². The zero-order valence-corrected chi connectivity index (χ0v) is 14.6. The third kappa shape index (κ3) is 4.32. The van der Waals surface area contributed by atoms with Crippen molar-refractivity contribution >= 4 is 22.9 Å². The minimum Gasteiger partial charge on any atom is -0.326 e. The number of nitrogens with zero attached hydrogens (tertiary/aromatic N) is 2. The summed E-state index contributed by atoms with van der Waals surface area (Å²) in [7, 11) is 1.95. The van der Waals surface area contributed by atoms with Crippen molar-refractivity contribution in [1.82, 2.24) is 4.57 Å². The molecule has 1 heterocycles. The highest BCUT2D eigenvalue weighted by Gasteiger charge is 2.13. The number of carbonyl (C=O) groups is 1. The van der Waals surface area contributed by atoms with E-state index >= 15 is 0 Å². The van der Waals surface area contributed by atoms with Gasteiger partial charge in [-0.15, -0.1) is 11.3 Å². The summed E-state index contributed by atoms with van der Waals surface area (Å²) in [5.41, 5.74) is 1.40.